The molecule has 0 saturated heterocycles. The maximum Gasteiger partial charge on any atom is 0.254 e. The number of carbonyl (C=O) groups excluding carboxylic acids is 1. The van der Waals surface area contributed by atoms with E-state index in [1.807, 2.05) is 31.7 Å². The zero-order valence-corrected chi connectivity index (χ0v) is 21.6. The van der Waals surface area contributed by atoms with Crippen molar-refractivity contribution in [3.05, 3.63) is 64.5 Å². The topological polar surface area (TPSA) is 78.7 Å². The van der Waals surface area contributed by atoms with Gasteiger partial charge in [0.1, 0.15) is 23.1 Å². The van der Waals surface area contributed by atoms with Crippen LogP contribution in [0.1, 0.15) is 72.0 Å². The van der Waals surface area contributed by atoms with E-state index in [2.05, 4.69) is 42.6 Å². The van der Waals surface area contributed by atoms with Crippen molar-refractivity contribution in [3.8, 4) is 11.8 Å². The Hall–Kier alpha value is -3.37. The van der Waals surface area contributed by atoms with Gasteiger partial charge in [0.05, 0.1) is 24.9 Å². The lowest BCUT2D eigenvalue weighted by atomic mass is 9.89. The lowest BCUT2D eigenvalue weighted by Gasteiger charge is -2.35. The number of nitrogens with zero attached hydrogens (tertiary/aromatic N) is 4. The molecule has 0 N–H and O–H groups in total. The highest BCUT2D eigenvalue weighted by Gasteiger charge is 2.32. The van der Waals surface area contributed by atoms with Crippen LogP contribution in [-0.4, -0.2) is 60.6 Å². The number of benzene rings is 1. The van der Waals surface area contributed by atoms with Crippen LogP contribution in [0.3, 0.4) is 0 Å². The third kappa shape index (κ3) is 5.83. The highest BCUT2D eigenvalue weighted by atomic mass is 16.5. The number of hydrogen-bond acceptors (Lipinski definition) is 6. The van der Waals surface area contributed by atoms with Crippen molar-refractivity contribution >= 4 is 11.7 Å². The fourth-order valence-corrected chi connectivity index (χ4v) is 4.37. The Labute approximate surface area is 209 Å². The summed E-state index contributed by atoms with van der Waals surface area (Å²) in [6.45, 7) is 15.5. The van der Waals surface area contributed by atoms with Gasteiger partial charge in [-0.15, -0.1) is 0 Å². The monoisotopic (exact) mass is 476 g/mol. The van der Waals surface area contributed by atoms with Crippen molar-refractivity contribution in [1.29, 1.82) is 5.26 Å². The normalized spacial score (nSPS) is 13.9. The van der Waals surface area contributed by atoms with Gasteiger partial charge >= 0.3 is 0 Å². The molecule has 7 heteroatoms. The molecule has 1 aliphatic heterocycles. The number of pyridine rings is 1. The second kappa shape index (κ2) is 11.9. The molecule has 1 aliphatic rings. The van der Waals surface area contributed by atoms with Crippen molar-refractivity contribution in [2.75, 3.05) is 39.9 Å². The van der Waals surface area contributed by atoms with Gasteiger partial charge in [-0.05, 0) is 70.5 Å². The minimum atomic E-state index is -0.268. The molecule has 0 bridgehead atoms. The Bertz CT molecular complexity index is 1120. The average Bonchev–Trinajstić information content (AvgIpc) is 2.87. The Morgan fingerprint density at radius 1 is 1.29 bits per heavy atom. The molecule has 0 aliphatic carbocycles. The Morgan fingerprint density at radius 3 is 2.71 bits per heavy atom. The van der Waals surface area contributed by atoms with E-state index in [1.54, 1.807) is 6.07 Å². The van der Waals surface area contributed by atoms with Gasteiger partial charge < -0.3 is 19.3 Å². The fraction of sp³-hybridized carbons (Fsp3) is 0.464. The van der Waals surface area contributed by atoms with Crippen LogP contribution >= 0.6 is 0 Å². The molecule has 1 unspecified atom stereocenters. The van der Waals surface area contributed by atoms with Gasteiger partial charge in [-0.1, -0.05) is 13.5 Å². The summed E-state index contributed by atoms with van der Waals surface area (Å²) in [7, 11) is 2.09. The van der Waals surface area contributed by atoms with E-state index in [4.69, 9.17) is 9.47 Å². The summed E-state index contributed by atoms with van der Waals surface area (Å²) in [5.41, 5.74) is 4.80. The molecule has 186 valence electrons. The van der Waals surface area contributed by atoms with Gasteiger partial charge in [0.25, 0.3) is 5.91 Å². The van der Waals surface area contributed by atoms with Crippen LogP contribution in [0.4, 0.5) is 0 Å². The first-order chi connectivity index (χ1) is 16.8. The Balaban J connectivity index is 1.96. The summed E-state index contributed by atoms with van der Waals surface area (Å²) in [6, 6.07) is 7.78. The summed E-state index contributed by atoms with van der Waals surface area (Å²) in [4.78, 5) is 22.3. The second-order valence-corrected chi connectivity index (χ2v) is 8.75. The van der Waals surface area contributed by atoms with Gasteiger partial charge in [-0.2, -0.15) is 5.26 Å². The number of likely N-dealkylation sites (N-methyl/N-ethyl adjacent to an activating group) is 1. The lowest BCUT2D eigenvalue weighted by Crippen LogP contribution is -2.40. The van der Waals surface area contributed by atoms with Crippen molar-refractivity contribution in [2.45, 2.75) is 46.6 Å². The highest BCUT2D eigenvalue weighted by Crippen LogP contribution is 2.33. The first-order valence-corrected chi connectivity index (χ1v) is 12.3. The van der Waals surface area contributed by atoms with Crippen LogP contribution in [0.15, 0.2) is 31.0 Å². The van der Waals surface area contributed by atoms with Crippen LogP contribution in [-0.2, 0) is 17.6 Å². The predicted molar refractivity (Wildman–Crippen MR) is 137 cm³/mol. The SMILES string of the molecule is C=C(OCC)c1cc(CCN(C)CC)cc2c1CCN(C(C)c1cc(OCC)c(C#N)cn1)C2=O. The molecule has 0 radical (unpaired) electrons. The minimum Gasteiger partial charge on any atom is -0.494 e. The highest BCUT2D eigenvalue weighted by molar-refractivity contribution is 5.98. The number of aromatic nitrogens is 1. The maximum atomic E-state index is 13.8. The van der Waals surface area contributed by atoms with Crippen LogP contribution in [0.5, 0.6) is 5.75 Å². The molecule has 2 aromatic rings. The minimum absolute atomic E-state index is 0.0286. The Kier molecular flexibility index (Phi) is 8.89. The lowest BCUT2D eigenvalue weighted by molar-refractivity contribution is 0.0668. The molecular formula is C28H36N4O3. The summed E-state index contributed by atoms with van der Waals surface area (Å²) in [5, 5.41) is 9.35. The van der Waals surface area contributed by atoms with E-state index in [0.29, 0.717) is 54.5 Å². The molecule has 0 fully saturated rings. The molecule has 2 heterocycles. The standard InChI is InChI=1S/C28H36N4O3/c1-7-31(6)12-10-21-14-24(20(5)34-8-2)23-11-13-32(28(33)25(23)15-21)19(4)26-16-27(35-9-3)22(17-29)18-30-26/h14-16,18-19H,5,7-13H2,1-4,6H3. The molecule has 0 saturated carbocycles. The number of fused-ring (bicyclic) bond motifs is 1. The number of nitriles is 1. The van der Waals surface area contributed by atoms with Gasteiger partial charge in [0, 0.05) is 36.5 Å². The van der Waals surface area contributed by atoms with Crippen LogP contribution in [0.2, 0.25) is 0 Å². The third-order valence-corrected chi connectivity index (χ3v) is 6.55. The summed E-state index contributed by atoms with van der Waals surface area (Å²) >= 11 is 0. The molecule has 1 aromatic carbocycles. The smallest absolute Gasteiger partial charge is 0.254 e. The molecule has 1 atom stereocenters. The fourth-order valence-electron chi connectivity index (χ4n) is 4.37. The van der Waals surface area contributed by atoms with Crippen LogP contribution in [0.25, 0.3) is 5.76 Å². The van der Waals surface area contributed by atoms with Crippen molar-refractivity contribution in [2.24, 2.45) is 0 Å². The van der Waals surface area contributed by atoms with Gasteiger partial charge in [0.2, 0.25) is 0 Å². The maximum absolute atomic E-state index is 13.8. The number of rotatable bonds is 11. The largest absolute Gasteiger partial charge is 0.494 e. The van der Waals surface area contributed by atoms with E-state index < -0.39 is 0 Å². The summed E-state index contributed by atoms with van der Waals surface area (Å²) in [6.07, 6.45) is 3.06. The second-order valence-electron chi connectivity index (χ2n) is 8.75. The Morgan fingerprint density at radius 2 is 2.06 bits per heavy atom. The number of ether oxygens (including phenoxy) is 2. The van der Waals surface area contributed by atoms with E-state index >= 15 is 0 Å². The zero-order valence-electron chi connectivity index (χ0n) is 21.6. The molecule has 3 rings (SSSR count). The van der Waals surface area contributed by atoms with Gasteiger partial charge in [0.15, 0.2) is 0 Å². The third-order valence-electron chi connectivity index (χ3n) is 6.55. The van der Waals surface area contributed by atoms with Crippen molar-refractivity contribution in [3.63, 3.8) is 0 Å². The molecule has 35 heavy (non-hydrogen) atoms. The first kappa shape index (κ1) is 26.2. The average molecular weight is 477 g/mol. The quantitative estimate of drug-likeness (QED) is 0.441. The van der Waals surface area contributed by atoms with E-state index in [1.165, 1.54) is 6.20 Å². The predicted octanol–water partition coefficient (Wildman–Crippen LogP) is 4.61. The number of amides is 1. The molecule has 1 amide bonds. The number of carbonyl (C=O) groups is 1. The first-order valence-electron chi connectivity index (χ1n) is 12.3. The van der Waals surface area contributed by atoms with Crippen LogP contribution in [0, 0.1) is 11.3 Å². The van der Waals surface area contributed by atoms with E-state index in [-0.39, 0.29) is 11.9 Å². The summed E-state index contributed by atoms with van der Waals surface area (Å²) < 4.78 is 11.4. The zero-order chi connectivity index (χ0) is 25.5. The molecule has 7 nitrogen and oxygen atoms in total. The van der Waals surface area contributed by atoms with Crippen molar-refractivity contribution < 1.29 is 14.3 Å². The molecule has 1 aromatic heterocycles. The number of hydrogen-bond donors (Lipinski definition) is 0. The van der Waals surface area contributed by atoms with E-state index in [0.717, 1.165) is 36.2 Å². The van der Waals surface area contributed by atoms with Gasteiger partial charge in [-0.3, -0.25) is 9.78 Å². The van der Waals surface area contributed by atoms with Crippen LogP contribution < -0.4 is 4.74 Å². The summed E-state index contributed by atoms with van der Waals surface area (Å²) in [5.74, 6) is 1.08. The van der Waals surface area contributed by atoms with Crippen molar-refractivity contribution in [1.82, 2.24) is 14.8 Å². The van der Waals surface area contributed by atoms with E-state index in [9.17, 15) is 10.1 Å². The van der Waals surface area contributed by atoms with Gasteiger partial charge in [-0.25, -0.2) is 0 Å². The molecular weight excluding hydrogens is 440 g/mol. The molecule has 0 spiro atoms.